The summed E-state index contributed by atoms with van der Waals surface area (Å²) in [5.74, 6) is 2.77. The number of thiazole rings is 1. The summed E-state index contributed by atoms with van der Waals surface area (Å²) in [5, 5.41) is 0. The predicted molar refractivity (Wildman–Crippen MR) is 103 cm³/mol. The molecule has 4 nitrogen and oxygen atoms in total. The maximum absolute atomic E-state index is 12.4. The Morgan fingerprint density at radius 2 is 2.29 bits per heavy atom. The first-order chi connectivity index (χ1) is 11.6. The lowest BCUT2D eigenvalue weighted by Gasteiger charge is -2.22. The maximum atomic E-state index is 12.4. The fourth-order valence-corrected chi connectivity index (χ4v) is 6.22. The van der Waals surface area contributed by atoms with Gasteiger partial charge in [-0.15, -0.1) is 11.3 Å². The highest BCUT2D eigenvalue weighted by molar-refractivity contribution is 8.01. The van der Waals surface area contributed by atoms with E-state index in [9.17, 15) is 9.00 Å². The van der Waals surface area contributed by atoms with Gasteiger partial charge in [0.1, 0.15) is 0 Å². The third-order valence-corrected chi connectivity index (χ3v) is 7.82. The van der Waals surface area contributed by atoms with E-state index in [0.29, 0.717) is 24.6 Å². The van der Waals surface area contributed by atoms with Gasteiger partial charge in [0, 0.05) is 47.6 Å². The standard InChI is InChI=1S/C17H22N2O2S3/c1-13-11-19(8-10-24(21)12-13)16(20)7-4-9-22-17-18-14-5-2-3-6-15(14)23-17/h2-3,5-6,13H,4,7-12H2,1H3/t13-,24+/m0/s1. The number of hydrogen-bond donors (Lipinski definition) is 0. The molecule has 1 aromatic heterocycles. The van der Waals surface area contributed by atoms with Crippen molar-refractivity contribution in [1.82, 2.24) is 9.88 Å². The average molecular weight is 383 g/mol. The van der Waals surface area contributed by atoms with E-state index < -0.39 is 10.8 Å². The Morgan fingerprint density at radius 1 is 1.46 bits per heavy atom. The maximum Gasteiger partial charge on any atom is 0.222 e. The van der Waals surface area contributed by atoms with E-state index in [1.165, 1.54) is 4.70 Å². The quantitative estimate of drug-likeness (QED) is 0.587. The second kappa shape index (κ2) is 8.45. The molecule has 0 spiro atoms. The van der Waals surface area contributed by atoms with Crippen molar-refractivity contribution in [3.05, 3.63) is 24.3 Å². The monoisotopic (exact) mass is 382 g/mol. The lowest BCUT2D eigenvalue weighted by molar-refractivity contribution is -0.131. The van der Waals surface area contributed by atoms with E-state index in [0.717, 1.165) is 34.3 Å². The van der Waals surface area contributed by atoms with Crippen molar-refractivity contribution in [2.24, 2.45) is 5.92 Å². The van der Waals surface area contributed by atoms with E-state index in [-0.39, 0.29) is 5.91 Å². The summed E-state index contributed by atoms with van der Waals surface area (Å²) in [6.45, 7) is 3.46. The highest BCUT2D eigenvalue weighted by Gasteiger charge is 2.22. The number of amides is 1. The number of nitrogens with zero attached hydrogens (tertiary/aromatic N) is 2. The number of thioether (sulfide) groups is 1. The van der Waals surface area contributed by atoms with Gasteiger partial charge in [-0.05, 0) is 24.5 Å². The number of aromatic nitrogens is 1. The second-order valence-electron chi connectivity index (χ2n) is 6.16. The van der Waals surface area contributed by atoms with Crippen molar-refractivity contribution in [2.75, 3.05) is 30.3 Å². The zero-order chi connectivity index (χ0) is 16.9. The van der Waals surface area contributed by atoms with Crippen LogP contribution < -0.4 is 0 Å². The molecule has 0 aliphatic carbocycles. The van der Waals surface area contributed by atoms with Crippen molar-refractivity contribution >= 4 is 50.0 Å². The topological polar surface area (TPSA) is 50.3 Å². The van der Waals surface area contributed by atoms with Crippen LogP contribution in [0.1, 0.15) is 19.8 Å². The number of para-hydroxylation sites is 1. The molecule has 1 fully saturated rings. The minimum atomic E-state index is -0.770. The molecule has 2 heterocycles. The highest BCUT2D eigenvalue weighted by atomic mass is 32.2. The molecule has 0 bridgehead atoms. The Balaban J connectivity index is 1.44. The normalized spacial score (nSPS) is 21.8. The first-order valence-electron chi connectivity index (χ1n) is 8.23. The Kier molecular flexibility index (Phi) is 6.30. The van der Waals surface area contributed by atoms with Gasteiger partial charge >= 0.3 is 0 Å². The minimum Gasteiger partial charge on any atom is -0.341 e. The summed E-state index contributed by atoms with van der Waals surface area (Å²) >= 11 is 3.44. The van der Waals surface area contributed by atoms with Crippen molar-refractivity contribution in [1.29, 1.82) is 0 Å². The summed E-state index contributed by atoms with van der Waals surface area (Å²) in [6.07, 6.45) is 1.42. The summed E-state index contributed by atoms with van der Waals surface area (Å²) in [5.41, 5.74) is 1.05. The molecular weight excluding hydrogens is 360 g/mol. The minimum absolute atomic E-state index is 0.200. The Labute approximate surface area is 153 Å². The van der Waals surface area contributed by atoms with Crippen molar-refractivity contribution in [3.8, 4) is 0 Å². The summed E-state index contributed by atoms with van der Waals surface area (Å²) in [4.78, 5) is 18.9. The van der Waals surface area contributed by atoms with Crippen LogP contribution in [0, 0.1) is 5.92 Å². The lowest BCUT2D eigenvalue weighted by atomic mass is 10.2. The van der Waals surface area contributed by atoms with Crippen LogP contribution in [0.5, 0.6) is 0 Å². The molecule has 0 saturated carbocycles. The fraction of sp³-hybridized carbons (Fsp3) is 0.529. The SMILES string of the molecule is C[C@H]1CN(C(=O)CCCSc2nc3ccccc3s2)CC[S@@](=O)C1. The van der Waals surface area contributed by atoms with Crippen molar-refractivity contribution < 1.29 is 9.00 Å². The van der Waals surface area contributed by atoms with Crippen LogP contribution >= 0.6 is 23.1 Å². The molecule has 1 aromatic carbocycles. The van der Waals surface area contributed by atoms with Gasteiger partial charge in [-0.3, -0.25) is 9.00 Å². The van der Waals surface area contributed by atoms with Crippen LogP contribution in [0.2, 0.25) is 0 Å². The smallest absolute Gasteiger partial charge is 0.222 e. The Morgan fingerprint density at radius 3 is 3.12 bits per heavy atom. The van der Waals surface area contributed by atoms with Crippen LogP contribution in [0.4, 0.5) is 0 Å². The van der Waals surface area contributed by atoms with Gasteiger partial charge in [-0.25, -0.2) is 4.98 Å². The fourth-order valence-electron chi connectivity index (χ4n) is 2.81. The molecule has 0 N–H and O–H groups in total. The van der Waals surface area contributed by atoms with E-state index in [4.69, 9.17) is 0 Å². The van der Waals surface area contributed by atoms with Crippen molar-refractivity contribution in [3.63, 3.8) is 0 Å². The molecule has 1 saturated heterocycles. The summed E-state index contributed by atoms with van der Waals surface area (Å²) in [6, 6.07) is 8.15. The average Bonchev–Trinajstić information content (AvgIpc) is 2.89. The molecule has 130 valence electrons. The van der Waals surface area contributed by atoms with Crippen LogP contribution in [-0.2, 0) is 15.6 Å². The highest BCUT2D eigenvalue weighted by Crippen LogP contribution is 2.29. The molecule has 3 rings (SSSR count). The van der Waals surface area contributed by atoms with E-state index in [1.54, 1.807) is 23.1 Å². The second-order valence-corrected chi connectivity index (χ2v) is 10.1. The first-order valence-corrected chi connectivity index (χ1v) is 11.5. The molecule has 1 amide bonds. The van der Waals surface area contributed by atoms with Gasteiger partial charge in [-0.2, -0.15) is 0 Å². The van der Waals surface area contributed by atoms with Crippen LogP contribution in [0.15, 0.2) is 28.6 Å². The number of carbonyl (C=O) groups excluding carboxylic acids is 1. The summed E-state index contributed by atoms with van der Waals surface area (Å²) < 4.78 is 14.0. The van der Waals surface area contributed by atoms with Gasteiger partial charge in [0.25, 0.3) is 0 Å². The molecule has 0 unspecified atom stereocenters. The van der Waals surface area contributed by atoms with Gasteiger partial charge < -0.3 is 4.90 Å². The molecule has 2 aromatic rings. The third-order valence-electron chi connectivity index (χ3n) is 3.98. The van der Waals surface area contributed by atoms with Gasteiger partial charge in [-0.1, -0.05) is 30.8 Å². The van der Waals surface area contributed by atoms with Crippen LogP contribution in [0.25, 0.3) is 10.2 Å². The van der Waals surface area contributed by atoms with E-state index in [2.05, 4.69) is 18.0 Å². The molecular formula is C17H22N2O2S3. The van der Waals surface area contributed by atoms with Gasteiger partial charge in [0.05, 0.1) is 10.2 Å². The molecule has 1 aliphatic rings. The third kappa shape index (κ3) is 4.80. The Hall–Kier alpha value is -0.920. The van der Waals surface area contributed by atoms with Crippen LogP contribution in [0.3, 0.4) is 0 Å². The van der Waals surface area contributed by atoms with E-state index >= 15 is 0 Å². The van der Waals surface area contributed by atoms with Crippen LogP contribution in [-0.4, -0.2) is 50.3 Å². The number of fused-ring (bicyclic) bond motifs is 1. The first kappa shape index (κ1) is 17.9. The Bertz CT molecular complexity index is 698. The molecule has 0 radical (unpaired) electrons. The van der Waals surface area contributed by atoms with Crippen molar-refractivity contribution in [2.45, 2.75) is 24.1 Å². The zero-order valence-electron chi connectivity index (χ0n) is 13.8. The number of rotatable bonds is 5. The van der Waals surface area contributed by atoms with E-state index in [1.807, 2.05) is 23.1 Å². The number of hydrogen-bond acceptors (Lipinski definition) is 5. The molecule has 7 heteroatoms. The molecule has 2 atom stereocenters. The molecule has 24 heavy (non-hydrogen) atoms. The molecule has 1 aliphatic heterocycles. The number of benzene rings is 1. The summed E-state index contributed by atoms with van der Waals surface area (Å²) in [7, 11) is -0.770. The largest absolute Gasteiger partial charge is 0.341 e. The van der Waals surface area contributed by atoms with Gasteiger partial charge in [0.2, 0.25) is 5.91 Å². The van der Waals surface area contributed by atoms with Gasteiger partial charge in [0.15, 0.2) is 4.34 Å². The lowest BCUT2D eigenvalue weighted by Crippen LogP contribution is -2.35. The zero-order valence-corrected chi connectivity index (χ0v) is 16.2. The predicted octanol–water partition coefficient (Wildman–Crippen LogP) is 3.40. The number of carbonyl (C=O) groups is 1.